The Balaban J connectivity index is 1.61. The van der Waals surface area contributed by atoms with E-state index in [1.54, 1.807) is 0 Å². The van der Waals surface area contributed by atoms with E-state index in [2.05, 4.69) is 6.92 Å². The van der Waals surface area contributed by atoms with Crippen LogP contribution >= 0.6 is 0 Å². The molecule has 0 unspecified atom stereocenters. The zero-order chi connectivity index (χ0) is 23.3. The monoisotopic (exact) mass is 451 g/mol. The number of imide groups is 1. The van der Waals surface area contributed by atoms with Crippen LogP contribution in [0.4, 0.5) is 4.79 Å². The van der Waals surface area contributed by atoms with Crippen LogP contribution in [0.1, 0.15) is 63.0 Å². The number of carbonyl (C=O) groups excluding carboxylic acids is 2. The van der Waals surface area contributed by atoms with Crippen molar-refractivity contribution >= 4 is 12.0 Å². The first-order valence-corrected chi connectivity index (χ1v) is 12.3. The van der Waals surface area contributed by atoms with Crippen molar-refractivity contribution in [1.29, 1.82) is 0 Å². The van der Waals surface area contributed by atoms with E-state index < -0.39 is 6.09 Å². The van der Waals surface area contributed by atoms with E-state index in [-0.39, 0.29) is 24.5 Å². The summed E-state index contributed by atoms with van der Waals surface area (Å²) in [5, 5.41) is 0. The van der Waals surface area contributed by atoms with E-state index in [0.717, 1.165) is 30.4 Å². The molecule has 0 bridgehead atoms. The van der Waals surface area contributed by atoms with E-state index in [4.69, 9.17) is 9.47 Å². The van der Waals surface area contributed by atoms with Gasteiger partial charge in [0.25, 0.3) is 0 Å². The molecule has 2 aromatic rings. The number of unbranched alkanes of at least 4 members (excludes halogenated alkanes) is 5. The van der Waals surface area contributed by atoms with Gasteiger partial charge in [0.1, 0.15) is 6.61 Å². The zero-order valence-corrected chi connectivity index (χ0v) is 19.8. The predicted octanol–water partition coefficient (Wildman–Crippen LogP) is 6.16. The summed E-state index contributed by atoms with van der Waals surface area (Å²) in [4.78, 5) is 27.4. The molecule has 178 valence electrons. The highest BCUT2D eigenvalue weighted by atomic mass is 16.6. The molecule has 1 fully saturated rings. The zero-order valence-electron chi connectivity index (χ0n) is 19.8. The highest BCUT2D eigenvalue weighted by Crippen LogP contribution is 2.23. The quantitative estimate of drug-likeness (QED) is 0.323. The third-order valence-electron chi connectivity index (χ3n) is 6.20. The lowest BCUT2D eigenvalue weighted by Crippen LogP contribution is -2.44. The Morgan fingerprint density at radius 3 is 2.30 bits per heavy atom. The van der Waals surface area contributed by atoms with Gasteiger partial charge in [-0.15, -0.1) is 0 Å². The molecule has 2 amide bonds. The van der Waals surface area contributed by atoms with Crippen molar-refractivity contribution in [3.05, 3.63) is 71.8 Å². The van der Waals surface area contributed by atoms with Crippen molar-refractivity contribution in [2.75, 3.05) is 13.2 Å². The highest BCUT2D eigenvalue weighted by Gasteiger charge is 2.40. The maximum absolute atomic E-state index is 13.5. The summed E-state index contributed by atoms with van der Waals surface area (Å²) >= 11 is 0. The lowest BCUT2D eigenvalue weighted by atomic mass is 9.98. The summed E-state index contributed by atoms with van der Waals surface area (Å²) in [5.41, 5.74) is 2.16. The summed E-state index contributed by atoms with van der Waals surface area (Å²) in [6.07, 6.45) is 7.74. The van der Waals surface area contributed by atoms with Crippen molar-refractivity contribution in [1.82, 2.24) is 4.90 Å². The van der Waals surface area contributed by atoms with E-state index in [0.29, 0.717) is 19.6 Å². The molecular formula is C28H37NO4. The smallest absolute Gasteiger partial charge is 0.416 e. The maximum atomic E-state index is 13.5. The second-order valence-corrected chi connectivity index (χ2v) is 8.88. The highest BCUT2D eigenvalue weighted by molar-refractivity contribution is 5.94. The molecule has 2 atom stereocenters. The molecule has 0 spiro atoms. The maximum Gasteiger partial charge on any atom is 0.416 e. The molecule has 0 N–H and O–H groups in total. The number of hydrogen-bond acceptors (Lipinski definition) is 4. The van der Waals surface area contributed by atoms with E-state index in [9.17, 15) is 9.59 Å². The van der Waals surface area contributed by atoms with Crippen LogP contribution in [-0.4, -0.2) is 36.2 Å². The molecule has 2 aromatic carbocycles. The summed E-state index contributed by atoms with van der Waals surface area (Å²) in [5.74, 6) is -0.510. The van der Waals surface area contributed by atoms with Gasteiger partial charge in [-0.1, -0.05) is 106 Å². The number of benzene rings is 2. The average molecular weight is 452 g/mol. The standard InChI is InChI=1S/C28H37NO4/c1-2-3-4-5-6-13-18-25(21-32-20-24-16-11-8-12-17-24)27(30)29-26(22-33-28(29)31)19-23-14-9-7-10-15-23/h7-12,14-17,25-26H,2-6,13,18-22H2,1H3/t25-,26+/m1/s1. The molecule has 0 aromatic heterocycles. The van der Waals surface area contributed by atoms with Crippen molar-refractivity contribution in [3.8, 4) is 0 Å². The summed E-state index contributed by atoms with van der Waals surface area (Å²) in [7, 11) is 0. The molecule has 0 radical (unpaired) electrons. The van der Waals surface area contributed by atoms with Gasteiger partial charge in [-0.3, -0.25) is 4.79 Å². The normalized spacial score (nSPS) is 16.6. The Morgan fingerprint density at radius 2 is 1.61 bits per heavy atom. The van der Waals surface area contributed by atoms with Crippen LogP contribution in [0.5, 0.6) is 0 Å². The van der Waals surface area contributed by atoms with Crippen LogP contribution in [0.15, 0.2) is 60.7 Å². The van der Waals surface area contributed by atoms with Crippen molar-refractivity contribution < 1.29 is 19.1 Å². The largest absolute Gasteiger partial charge is 0.447 e. The van der Waals surface area contributed by atoms with Crippen LogP contribution < -0.4 is 0 Å². The Kier molecular flexibility index (Phi) is 10.4. The van der Waals surface area contributed by atoms with Gasteiger partial charge in [-0.2, -0.15) is 0 Å². The fourth-order valence-electron chi connectivity index (χ4n) is 4.31. The fraction of sp³-hybridized carbons (Fsp3) is 0.500. The first-order chi connectivity index (χ1) is 16.2. The van der Waals surface area contributed by atoms with Gasteiger partial charge in [0.2, 0.25) is 5.91 Å². The molecule has 0 aliphatic carbocycles. The Hall–Kier alpha value is -2.66. The van der Waals surface area contributed by atoms with Crippen LogP contribution in [-0.2, 0) is 27.3 Å². The SMILES string of the molecule is CCCCCCCC[C@H](COCc1ccccc1)C(=O)N1C(=O)OC[C@@H]1Cc1ccccc1. The van der Waals surface area contributed by atoms with Gasteiger partial charge >= 0.3 is 6.09 Å². The topological polar surface area (TPSA) is 55.8 Å². The minimum atomic E-state index is -0.531. The third kappa shape index (κ3) is 8.01. The van der Waals surface area contributed by atoms with Gasteiger partial charge < -0.3 is 9.47 Å². The number of nitrogens with zero attached hydrogens (tertiary/aromatic N) is 1. The Bertz CT molecular complexity index is 839. The fourth-order valence-corrected chi connectivity index (χ4v) is 4.31. The summed E-state index contributed by atoms with van der Waals surface area (Å²) in [6.45, 7) is 3.22. The minimum Gasteiger partial charge on any atom is -0.447 e. The summed E-state index contributed by atoms with van der Waals surface area (Å²) < 4.78 is 11.2. The molecule has 5 nitrogen and oxygen atoms in total. The lowest BCUT2D eigenvalue weighted by molar-refractivity contribution is -0.136. The Morgan fingerprint density at radius 1 is 0.970 bits per heavy atom. The number of hydrogen-bond donors (Lipinski definition) is 0. The molecule has 1 saturated heterocycles. The van der Waals surface area contributed by atoms with Gasteiger partial charge in [0, 0.05) is 0 Å². The van der Waals surface area contributed by atoms with Crippen LogP contribution in [0.2, 0.25) is 0 Å². The first kappa shape index (κ1) is 25.0. The van der Waals surface area contributed by atoms with Crippen LogP contribution in [0, 0.1) is 5.92 Å². The molecular weight excluding hydrogens is 414 g/mol. The van der Waals surface area contributed by atoms with E-state index in [1.807, 2.05) is 60.7 Å². The van der Waals surface area contributed by atoms with Gasteiger partial charge in [-0.25, -0.2) is 9.69 Å². The van der Waals surface area contributed by atoms with E-state index >= 15 is 0 Å². The Labute approximate surface area is 198 Å². The molecule has 1 aliphatic rings. The van der Waals surface area contributed by atoms with Gasteiger partial charge in [-0.05, 0) is 24.0 Å². The molecule has 1 heterocycles. The molecule has 0 saturated carbocycles. The van der Waals surface area contributed by atoms with Crippen molar-refractivity contribution in [2.45, 2.75) is 70.9 Å². The average Bonchev–Trinajstić information content (AvgIpc) is 3.20. The number of carbonyl (C=O) groups is 2. The molecule has 5 heteroatoms. The van der Waals surface area contributed by atoms with Gasteiger partial charge in [0.05, 0.1) is 25.2 Å². The number of cyclic esters (lactones) is 1. The number of ether oxygens (including phenoxy) is 2. The van der Waals surface area contributed by atoms with Crippen molar-refractivity contribution in [2.24, 2.45) is 5.92 Å². The van der Waals surface area contributed by atoms with Crippen molar-refractivity contribution in [3.63, 3.8) is 0 Å². The number of amides is 2. The lowest BCUT2D eigenvalue weighted by Gasteiger charge is -2.25. The number of rotatable bonds is 14. The second kappa shape index (κ2) is 13.8. The third-order valence-corrected chi connectivity index (χ3v) is 6.20. The molecule has 3 rings (SSSR count). The molecule has 1 aliphatic heterocycles. The van der Waals surface area contributed by atoms with Crippen LogP contribution in [0.3, 0.4) is 0 Å². The van der Waals surface area contributed by atoms with Crippen LogP contribution in [0.25, 0.3) is 0 Å². The molecule has 33 heavy (non-hydrogen) atoms. The predicted molar refractivity (Wildman–Crippen MR) is 130 cm³/mol. The second-order valence-electron chi connectivity index (χ2n) is 8.88. The van der Waals surface area contributed by atoms with Gasteiger partial charge in [0.15, 0.2) is 0 Å². The summed E-state index contributed by atoms with van der Waals surface area (Å²) in [6, 6.07) is 19.6. The van der Waals surface area contributed by atoms with E-state index in [1.165, 1.54) is 30.6 Å². The minimum absolute atomic E-state index is 0.167. The first-order valence-electron chi connectivity index (χ1n) is 12.3.